The first kappa shape index (κ1) is 21.4. The zero-order valence-corrected chi connectivity index (χ0v) is 17.3. The quantitative estimate of drug-likeness (QED) is 0.425. The minimum Gasteiger partial charge on any atom is -0.497 e. The van der Waals surface area contributed by atoms with Crippen LogP contribution in [-0.4, -0.2) is 33.2 Å². The number of hydrogen-bond donors (Lipinski definition) is 0. The minimum absolute atomic E-state index is 0.114. The maximum Gasteiger partial charge on any atom is 0.169 e. The van der Waals surface area contributed by atoms with Gasteiger partial charge in [0.25, 0.3) is 0 Å². The molecule has 5 nitrogen and oxygen atoms in total. The van der Waals surface area contributed by atoms with Crippen LogP contribution in [0.25, 0.3) is 0 Å². The van der Waals surface area contributed by atoms with Crippen molar-refractivity contribution in [3.8, 4) is 23.0 Å². The number of ether oxygens (including phenoxy) is 4. The van der Waals surface area contributed by atoms with Crippen LogP contribution in [0, 0.1) is 0 Å². The molecule has 0 unspecified atom stereocenters. The smallest absolute Gasteiger partial charge is 0.169 e. The van der Waals surface area contributed by atoms with Crippen LogP contribution in [0.2, 0.25) is 0 Å². The fraction of sp³-hybridized carbons (Fsp3) is 0.240. The van der Waals surface area contributed by atoms with Gasteiger partial charge in [0.1, 0.15) is 23.9 Å². The molecule has 3 rings (SSSR count). The van der Waals surface area contributed by atoms with Gasteiger partial charge in [-0.25, -0.2) is 0 Å². The van der Waals surface area contributed by atoms with Crippen molar-refractivity contribution in [2.24, 2.45) is 0 Å². The van der Waals surface area contributed by atoms with Crippen molar-refractivity contribution >= 4 is 5.78 Å². The van der Waals surface area contributed by atoms with Crippen molar-refractivity contribution in [3.63, 3.8) is 0 Å². The summed E-state index contributed by atoms with van der Waals surface area (Å²) in [4.78, 5) is 12.6. The van der Waals surface area contributed by atoms with Crippen LogP contribution >= 0.6 is 0 Å². The maximum absolute atomic E-state index is 12.6. The first-order valence-corrected chi connectivity index (χ1v) is 9.80. The van der Waals surface area contributed by atoms with E-state index in [0.29, 0.717) is 37.6 Å². The molecule has 0 aliphatic carbocycles. The predicted molar refractivity (Wildman–Crippen MR) is 116 cm³/mol. The molecular weight excluding hydrogens is 380 g/mol. The highest BCUT2D eigenvalue weighted by Gasteiger charge is 2.12. The van der Waals surface area contributed by atoms with E-state index in [-0.39, 0.29) is 5.78 Å². The van der Waals surface area contributed by atoms with E-state index < -0.39 is 0 Å². The molecule has 0 atom stereocenters. The summed E-state index contributed by atoms with van der Waals surface area (Å²) in [5, 5.41) is 0. The Labute approximate surface area is 177 Å². The number of Topliss-reactive ketones (excluding diaryl/α,β-unsaturated/α-hetero) is 1. The summed E-state index contributed by atoms with van der Waals surface area (Å²) in [6.07, 6.45) is 0.656. The van der Waals surface area contributed by atoms with Crippen LogP contribution < -0.4 is 14.2 Å². The second-order valence-electron chi connectivity index (χ2n) is 6.78. The van der Waals surface area contributed by atoms with Gasteiger partial charge in [0.05, 0.1) is 13.7 Å². The predicted octanol–water partition coefficient (Wildman–Crippen LogP) is 4.87. The Morgan fingerprint density at radius 3 is 2.20 bits per heavy atom. The third kappa shape index (κ3) is 6.36. The lowest BCUT2D eigenvalue weighted by molar-refractivity contribution is -0.117. The Bertz CT molecular complexity index is 953. The molecular formula is C25H26O5. The van der Waals surface area contributed by atoms with Gasteiger partial charge in [-0.3, -0.25) is 4.79 Å². The van der Waals surface area contributed by atoms with E-state index in [1.54, 1.807) is 14.2 Å². The molecule has 0 fully saturated rings. The molecule has 30 heavy (non-hydrogen) atoms. The van der Waals surface area contributed by atoms with Crippen LogP contribution in [0.1, 0.15) is 11.1 Å². The fourth-order valence-electron chi connectivity index (χ4n) is 3.01. The Hall–Kier alpha value is -3.31. The number of benzene rings is 3. The van der Waals surface area contributed by atoms with Gasteiger partial charge in [-0.15, -0.1) is 0 Å². The number of para-hydroxylation sites is 1. The summed E-state index contributed by atoms with van der Waals surface area (Å²) in [5.41, 5.74) is 1.80. The van der Waals surface area contributed by atoms with Crippen LogP contribution in [0.3, 0.4) is 0 Å². The average Bonchev–Trinajstić information content (AvgIpc) is 2.76. The average molecular weight is 406 g/mol. The molecule has 3 aromatic rings. The van der Waals surface area contributed by atoms with E-state index >= 15 is 0 Å². The summed E-state index contributed by atoms with van der Waals surface area (Å²) in [6, 6.07) is 22.7. The Morgan fingerprint density at radius 1 is 0.733 bits per heavy atom. The number of rotatable bonds is 11. The minimum atomic E-state index is 0.114. The van der Waals surface area contributed by atoms with Crippen molar-refractivity contribution in [2.45, 2.75) is 12.8 Å². The van der Waals surface area contributed by atoms with Gasteiger partial charge in [-0.1, -0.05) is 36.4 Å². The number of hydrogen-bond acceptors (Lipinski definition) is 5. The first-order valence-electron chi connectivity index (χ1n) is 9.80. The van der Waals surface area contributed by atoms with Gasteiger partial charge in [0.2, 0.25) is 0 Å². The Kier molecular flexibility index (Phi) is 7.86. The first-order chi connectivity index (χ1) is 14.7. The van der Waals surface area contributed by atoms with E-state index in [1.807, 2.05) is 72.8 Å². The lowest BCUT2D eigenvalue weighted by atomic mass is 10.0. The summed E-state index contributed by atoms with van der Waals surface area (Å²) in [5.74, 6) is 2.76. The highest BCUT2D eigenvalue weighted by atomic mass is 16.5. The third-order valence-electron chi connectivity index (χ3n) is 4.46. The van der Waals surface area contributed by atoms with E-state index in [0.717, 1.165) is 22.6 Å². The summed E-state index contributed by atoms with van der Waals surface area (Å²) < 4.78 is 22.1. The van der Waals surface area contributed by atoms with E-state index in [1.165, 1.54) is 0 Å². The monoisotopic (exact) mass is 406 g/mol. The van der Waals surface area contributed by atoms with E-state index in [2.05, 4.69) is 0 Å². The molecule has 3 aromatic carbocycles. The standard InChI is InChI=1S/C25H26O5/c1-27-13-14-29-25-18-20(11-12-24(25)30-22-8-4-3-5-9-22)16-21(26)15-19-7-6-10-23(17-19)28-2/h3-12,17-18H,13-16H2,1-2H3. The molecule has 0 saturated heterocycles. The van der Waals surface area contributed by atoms with Gasteiger partial charge >= 0.3 is 0 Å². The summed E-state index contributed by atoms with van der Waals surface area (Å²) >= 11 is 0. The molecule has 0 aliphatic rings. The molecule has 0 radical (unpaired) electrons. The van der Waals surface area contributed by atoms with Crippen LogP contribution in [-0.2, 0) is 22.4 Å². The molecule has 0 aromatic heterocycles. The van der Waals surface area contributed by atoms with Gasteiger partial charge in [-0.05, 0) is 47.5 Å². The van der Waals surface area contributed by atoms with Crippen molar-refractivity contribution in [1.82, 2.24) is 0 Å². The lowest BCUT2D eigenvalue weighted by Gasteiger charge is -2.14. The number of carbonyl (C=O) groups excluding carboxylic acids is 1. The number of methoxy groups -OCH3 is 2. The molecule has 0 amide bonds. The van der Waals surface area contributed by atoms with Crippen molar-refractivity contribution in [3.05, 3.63) is 83.9 Å². The number of ketones is 1. The van der Waals surface area contributed by atoms with Crippen molar-refractivity contribution in [1.29, 1.82) is 0 Å². The summed E-state index contributed by atoms with van der Waals surface area (Å²) in [6.45, 7) is 0.854. The SMILES string of the molecule is COCCOc1cc(CC(=O)Cc2cccc(OC)c2)ccc1Oc1ccccc1. The molecule has 0 saturated carbocycles. The zero-order chi connectivity index (χ0) is 21.2. The summed E-state index contributed by atoms with van der Waals surface area (Å²) in [7, 11) is 3.24. The van der Waals surface area contributed by atoms with Gasteiger partial charge in [0, 0.05) is 20.0 Å². The molecule has 0 N–H and O–H groups in total. The highest BCUT2D eigenvalue weighted by Crippen LogP contribution is 2.33. The second kappa shape index (κ2) is 11.0. The van der Waals surface area contributed by atoms with Crippen LogP contribution in [0.5, 0.6) is 23.0 Å². The van der Waals surface area contributed by atoms with E-state index in [9.17, 15) is 4.79 Å². The normalized spacial score (nSPS) is 10.5. The molecule has 0 spiro atoms. The Morgan fingerprint density at radius 2 is 1.47 bits per heavy atom. The maximum atomic E-state index is 12.6. The molecule has 5 heteroatoms. The fourth-order valence-corrected chi connectivity index (χ4v) is 3.01. The lowest BCUT2D eigenvalue weighted by Crippen LogP contribution is -2.08. The van der Waals surface area contributed by atoms with Crippen LogP contribution in [0.4, 0.5) is 0 Å². The van der Waals surface area contributed by atoms with Crippen molar-refractivity contribution in [2.75, 3.05) is 27.4 Å². The molecule has 156 valence electrons. The van der Waals surface area contributed by atoms with Crippen LogP contribution in [0.15, 0.2) is 72.8 Å². The second-order valence-corrected chi connectivity index (χ2v) is 6.78. The zero-order valence-electron chi connectivity index (χ0n) is 17.3. The van der Waals surface area contributed by atoms with Gasteiger partial charge < -0.3 is 18.9 Å². The van der Waals surface area contributed by atoms with Gasteiger partial charge in [-0.2, -0.15) is 0 Å². The highest BCUT2D eigenvalue weighted by molar-refractivity contribution is 5.83. The largest absolute Gasteiger partial charge is 0.497 e. The van der Waals surface area contributed by atoms with E-state index in [4.69, 9.17) is 18.9 Å². The topological polar surface area (TPSA) is 54.0 Å². The third-order valence-corrected chi connectivity index (χ3v) is 4.46. The Balaban J connectivity index is 1.72. The molecule has 0 aliphatic heterocycles. The van der Waals surface area contributed by atoms with Crippen molar-refractivity contribution < 1.29 is 23.7 Å². The molecule has 0 heterocycles. The van der Waals surface area contributed by atoms with Gasteiger partial charge in [0.15, 0.2) is 11.5 Å². The number of carbonyl (C=O) groups is 1. The molecule has 0 bridgehead atoms.